The number of halogens is 2. The molecule has 1 aliphatic heterocycles. The van der Waals surface area contributed by atoms with Gasteiger partial charge in [0.05, 0.1) is 18.8 Å². The van der Waals surface area contributed by atoms with Crippen LogP contribution in [-0.2, 0) is 11.4 Å². The Bertz CT molecular complexity index is 1030. The van der Waals surface area contributed by atoms with Crippen molar-refractivity contribution in [2.75, 3.05) is 6.54 Å². The lowest BCUT2D eigenvalue weighted by Crippen LogP contribution is -2.51. The molecule has 1 aromatic carbocycles. The van der Waals surface area contributed by atoms with Gasteiger partial charge in [-0.1, -0.05) is 30.3 Å². The molecule has 2 fully saturated rings. The predicted octanol–water partition coefficient (Wildman–Crippen LogP) is 2.92. The first-order valence-corrected chi connectivity index (χ1v) is 9.95. The van der Waals surface area contributed by atoms with E-state index < -0.39 is 48.6 Å². The number of ketones is 1. The zero-order chi connectivity index (χ0) is 22.2. The lowest BCUT2D eigenvalue weighted by Gasteiger charge is -2.34. The lowest BCUT2D eigenvalue weighted by atomic mass is 9.80. The topological polar surface area (TPSA) is 99.6 Å². The molecule has 3 amide bonds. The average molecular weight is 429 g/mol. The maximum atomic E-state index is 13.5. The van der Waals surface area contributed by atoms with Crippen LogP contribution in [0.5, 0.6) is 0 Å². The number of hydrogen-bond acceptors (Lipinski definition) is 5. The Morgan fingerprint density at radius 2 is 1.77 bits per heavy atom. The monoisotopic (exact) mass is 429 g/mol. The van der Waals surface area contributed by atoms with Gasteiger partial charge in [-0.05, 0) is 18.9 Å². The van der Waals surface area contributed by atoms with Crippen LogP contribution < -0.4 is 5.32 Å². The van der Waals surface area contributed by atoms with E-state index in [1.54, 1.807) is 42.6 Å². The van der Waals surface area contributed by atoms with Crippen molar-refractivity contribution in [3.63, 3.8) is 0 Å². The molecule has 162 valence electrons. The zero-order valence-electron chi connectivity index (χ0n) is 16.6. The number of aliphatic hydroxyl groups is 1. The van der Waals surface area contributed by atoms with E-state index in [-0.39, 0.29) is 19.4 Å². The third kappa shape index (κ3) is 3.93. The standard InChI is InChI=1S/C22H21F2N3O4/c23-22(24)9-7-21(8-10-22)19(30)27(20(31)26-21)12-17(29)14-3-5-15(6-4-14)18-16(13-28)2-1-11-25-18/h1-6,11,28H,7-10,12-13H2,(H,26,31). The highest BCUT2D eigenvalue weighted by Gasteiger charge is 2.55. The molecule has 0 bridgehead atoms. The summed E-state index contributed by atoms with van der Waals surface area (Å²) < 4.78 is 27.0. The first-order valence-electron chi connectivity index (χ1n) is 9.95. The molecule has 4 rings (SSSR count). The predicted molar refractivity (Wildman–Crippen MR) is 106 cm³/mol. The van der Waals surface area contributed by atoms with E-state index in [9.17, 15) is 28.3 Å². The maximum Gasteiger partial charge on any atom is 0.325 e. The molecular weight excluding hydrogens is 408 g/mol. The van der Waals surface area contributed by atoms with Gasteiger partial charge in [-0.3, -0.25) is 19.5 Å². The fourth-order valence-electron chi connectivity index (χ4n) is 4.08. The van der Waals surface area contributed by atoms with E-state index in [4.69, 9.17) is 0 Å². The van der Waals surface area contributed by atoms with Crippen molar-refractivity contribution in [3.8, 4) is 11.3 Å². The van der Waals surface area contributed by atoms with E-state index in [0.717, 1.165) is 4.90 Å². The second kappa shape index (κ2) is 7.81. The van der Waals surface area contributed by atoms with Crippen molar-refractivity contribution in [3.05, 3.63) is 53.7 Å². The summed E-state index contributed by atoms with van der Waals surface area (Å²) in [5.41, 5.74) is 0.890. The highest BCUT2D eigenvalue weighted by molar-refractivity contribution is 6.11. The minimum Gasteiger partial charge on any atom is -0.392 e. The molecule has 9 heteroatoms. The van der Waals surface area contributed by atoms with Gasteiger partial charge in [-0.15, -0.1) is 0 Å². The highest BCUT2D eigenvalue weighted by Crippen LogP contribution is 2.41. The smallest absolute Gasteiger partial charge is 0.325 e. The number of pyridine rings is 1. The molecule has 0 atom stereocenters. The molecule has 0 radical (unpaired) electrons. The number of carbonyl (C=O) groups excluding carboxylic acids is 3. The van der Waals surface area contributed by atoms with Gasteiger partial charge in [0.25, 0.3) is 5.91 Å². The normalized spacial score (nSPS) is 19.5. The fourth-order valence-corrected chi connectivity index (χ4v) is 4.08. The van der Waals surface area contributed by atoms with Crippen LogP contribution in [0.15, 0.2) is 42.6 Å². The quantitative estimate of drug-likeness (QED) is 0.562. The summed E-state index contributed by atoms with van der Waals surface area (Å²) in [4.78, 5) is 42.9. The van der Waals surface area contributed by atoms with Crippen molar-refractivity contribution in [1.82, 2.24) is 15.2 Å². The lowest BCUT2D eigenvalue weighted by molar-refractivity contribution is -0.135. The van der Waals surface area contributed by atoms with Crippen LogP contribution in [0.3, 0.4) is 0 Å². The van der Waals surface area contributed by atoms with Crippen LogP contribution in [0, 0.1) is 0 Å². The second-order valence-electron chi connectivity index (χ2n) is 7.93. The average Bonchev–Trinajstić information content (AvgIpc) is 3.00. The van der Waals surface area contributed by atoms with Gasteiger partial charge >= 0.3 is 6.03 Å². The number of amides is 3. The summed E-state index contributed by atoms with van der Waals surface area (Å²) in [5.74, 6) is -3.92. The molecule has 2 aliphatic rings. The number of hydrogen-bond donors (Lipinski definition) is 2. The van der Waals surface area contributed by atoms with Crippen LogP contribution in [0.25, 0.3) is 11.3 Å². The Labute approximate surface area is 177 Å². The molecule has 7 nitrogen and oxygen atoms in total. The first kappa shape index (κ1) is 21.0. The van der Waals surface area contributed by atoms with Crippen molar-refractivity contribution >= 4 is 17.7 Å². The fraction of sp³-hybridized carbons (Fsp3) is 0.364. The number of alkyl halides is 2. The van der Waals surface area contributed by atoms with Gasteiger partial charge < -0.3 is 10.4 Å². The number of urea groups is 1. The number of carbonyl (C=O) groups is 3. The van der Waals surface area contributed by atoms with Crippen molar-refractivity contribution < 1.29 is 28.3 Å². The van der Waals surface area contributed by atoms with Crippen molar-refractivity contribution in [2.24, 2.45) is 0 Å². The third-order valence-electron chi connectivity index (χ3n) is 5.92. The van der Waals surface area contributed by atoms with E-state index >= 15 is 0 Å². The zero-order valence-corrected chi connectivity index (χ0v) is 16.6. The number of nitrogens with zero attached hydrogens (tertiary/aromatic N) is 2. The Kier molecular flexibility index (Phi) is 5.30. The molecule has 1 saturated heterocycles. The molecule has 1 spiro atoms. The highest BCUT2D eigenvalue weighted by atomic mass is 19.3. The Morgan fingerprint density at radius 1 is 1.10 bits per heavy atom. The first-order chi connectivity index (χ1) is 14.7. The molecule has 0 unspecified atom stereocenters. The number of Topliss-reactive ketones (excluding diaryl/α,β-unsaturated/α-hetero) is 1. The number of benzene rings is 1. The molecule has 1 aromatic heterocycles. The number of aromatic nitrogens is 1. The van der Waals surface area contributed by atoms with Gasteiger partial charge in [0.1, 0.15) is 5.54 Å². The van der Waals surface area contributed by atoms with Gasteiger partial charge in [0.15, 0.2) is 5.78 Å². The summed E-state index contributed by atoms with van der Waals surface area (Å²) in [6, 6.07) is 9.19. The molecule has 2 aromatic rings. The molecule has 1 aliphatic carbocycles. The van der Waals surface area contributed by atoms with Crippen molar-refractivity contribution in [2.45, 2.75) is 43.8 Å². The van der Waals surface area contributed by atoms with Crippen LogP contribution in [0.2, 0.25) is 0 Å². The maximum absolute atomic E-state index is 13.5. The van der Waals surface area contributed by atoms with Gasteiger partial charge in [-0.25, -0.2) is 13.6 Å². The SMILES string of the molecule is O=C(CN1C(=O)NC2(CCC(F)(F)CC2)C1=O)c1ccc(-c2ncccc2CO)cc1. The summed E-state index contributed by atoms with van der Waals surface area (Å²) >= 11 is 0. The molecule has 1 saturated carbocycles. The molecular formula is C22H21F2N3O4. The van der Waals surface area contributed by atoms with Gasteiger partial charge in [0, 0.05) is 35.7 Å². The minimum absolute atomic E-state index is 0.152. The summed E-state index contributed by atoms with van der Waals surface area (Å²) in [6.07, 6.45) is 0.335. The van der Waals surface area contributed by atoms with Gasteiger partial charge in [-0.2, -0.15) is 0 Å². The minimum atomic E-state index is -2.84. The van der Waals surface area contributed by atoms with Crippen LogP contribution in [0.1, 0.15) is 41.6 Å². The molecule has 2 N–H and O–H groups in total. The van der Waals surface area contributed by atoms with Gasteiger partial charge in [0.2, 0.25) is 5.92 Å². The van der Waals surface area contributed by atoms with Crippen LogP contribution in [-0.4, -0.2) is 50.7 Å². The van der Waals surface area contributed by atoms with Crippen LogP contribution >= 0.6 is 0 Å². The number of aliphatic hydroxyl groups excluding tert-OH is 1. The Hall–Kier alpha value is -3.20. The van der Waals surface area contributed by atoms with E-state index in [1.165, 1.54) is 0 Å². The summed E-state index contributed by atoms with van der Waals surface area (Å²) in [7, 11) is 0. The van der Waals surface area contributed by atoms with E-state index in [2.05, 4.69) is 10.3 Å². The molecule has 2 heterocycles. The Balaban J connectivity index is 1.47. The van der Waals surface area contributed by atoms with Crippen LogP contribution in [0.4, 0.5) is 13.6 Å². The number of imide groups is 1. The third-order valence-corrected chi connectivity index (χ3v) is 5.92. The van der Waals surface area contributed by atoms with Crippen molar-refractivity contribution in [1.29, 1.82) is 0 Å². The van der Waals surface area contributed by atoms with E-state index in [0.29, 0.717) is 22.4 Å². The number of rotatable bonds is 5. The second-order valence-corrected chi connectivity index (χ2v) is 7.93. The summed E-state index contributed by atoms with van der Waals surface area (Å²) in [6.45, 7) is -0.642. The summed E-state index contributed by atoms with van der Waals surface area (Å²) in [5, 5.41) is 12.0. The molecule has 31 heavy (non-hydrogen) atoms. The largest absolute Gasteiger partial charge is 0.392 e. The number of nitrogens with one attached hydrogen (secondary N) is 1. The Morgan fingerprint density at radius 3 is 2.42 bits per heavy atom. The van der Waals surface area contributed by atoms with E-state index in [1.807, 2.05) is 0 Å².